The van der Waals surface area contributed by atoms with Crippen LogP contribution in [-0.4, -0.2) is 24.1 Å². The van der Waals surface area contributed by atoms with Gasteiger partial charge >= 0.3 is 6.18 Å². The highest BCUT2D eigenvalue weighted by atomic mass is 19.4. The predicted molar refractivity (Wildman–Crippen MR) is 105 cm³/mol. The van der Waals surface area contributed by atoms with E-state index in [1.54, 1.807) is 36.2 Å². The average Bonchev–Trinajstić information content (AvgIpc) is 2.72. The van der Waals surface area contributed by atoms with Crippen molar-refractivity contribution in [1.82, 2.24) is 9.97 Å². The molecule has 0 saturated carbocycles. The van der Waals surface area contributed by atoms with Crippen molar-refractivity contribution >= 4 is 23.1 Å². The molecule has 0 N–H and O–H groups in total. The SMILES string of the molecule is Cc1ccc(N(C)c2ncc(C(F)(F)F)c(N(C)c3ccc(C#N)cc3)n2)cc1. The summed E-state index contributed by atoms with van der Waals surface area (Å²) in [4.78, 5) is 11.1. The number of aryl methyl sites for hydroxylation is 1. The second-order valence-corrected chi connectivity index (χ2v) is 6.52. The molecule has 0 aliphatic rings. The van der Waals surface area contributed by atoms with E-state index >= 15 is 0 Å². The van der Waals surface area contributed by atoms with Crippen LogP contribution in [0.15, 0.2) is 54.7 Å². The van der Waals surface area contributed by atoms with Crippen LogP contribution in [0.1, 0.15) is 16.7 Å². The van der Waals surface area contributed by atoms with E-state index in [0.29, 0.717) is 11.3 Å². The molecule has 0 radical (unpaired) electrons. The summed E-state index contributed by atoms with van der Waals surface area (Å²) in [6.45, 7) is 1.95. The van der Waals surface area contributed by atoms with Crippen LogP contribution in [-0.2, 0) is 6.18 Å². The van der Waals surface area contributed by atoms with Crippen molar-refractivity contribution < 1.29 is 13.2 Å². The fraction of sp³-hybridized carbons (Fsp3) is 0.190. The Balaban J connectivity index is 2.06. The van der Waals surface area contributed by atoms with Gasteiger partial charge in [-0.05, 0) is 43.3 Å². The Morgan fingerprint density at radius 1 is 0.897 bits per heavy atom. The summed E-state index contributed by atoms with van der Waals surface area (Å²) in [5.74, 6) is -0.136. The standard InChI is InChI=1S/C21H18F3N5/c1-14-4-8-17(9-5-14)29(3)20-26-13-18(21(22,23)24)19(27-20)28(2)16-10-6-15(12-25)7-11-16/h4-11,13H,1-3H3. The van der Waals surface area contributed by atoms with Crippen LogP contribution in [0.4, 0.5) is 36.3 Å². The molecule has 0 aliphatic heterocycles. The topological polar surface area (TPSA) is 56.1 Å². The number of nitrogens with zero attached hydrogens (tertiary/aromatic N) is 5. The van der Waals surface area contributed by atoms with Crippen LogP contribution >= 0.6 is 0 Å². The summed E-state index contributed by atoms with van der Waals surface area (Å²) < 4.78 is 40.7. The minimum atomic E-state index is -4.61. The fourth-order valence-corrected chi connectivity index (χ4v) is 2.75. The molecule has 0 unspecified atom stereocenters. The van der Waals surface area contributed by atoms with Gasteiger partial charge in [-0.15, -0.1) is 0 Å². The van der Waals surface area contributed by atoms with Crippen LogP contribution in [0.25, 0.3) is 0 Å². The van der Waals surface area contributed by atoms with E-state index in [1.165, 1.54) is 11.9 Å². The van der Waals surface area contributed by atoms with Gasteiger partial charge in [0.15, 0.2) is 5.82 Å². The van der Waals surface area contributed by atoms with Crippen LogP contribution in [0.2, 0.25) is 0 Å². The monoisotopic (exact) mass is 397 g/mol. The van der Waals surface area contributed by atoms with Gasteiger partial charge in [0.25, 0.3) is 0 Å². The van der Waals surface area contributed by atoms with E-state index in [9.17, 15) is 13.2 Å². The minimum Gasteiger partial charge on any atom is -0.329 e. The minimum absolute atomic E-state index is 0.136. The van der Waals surface area contributed by atoms with Crippen molar-refractivity contribution in [1.29, 1.82) is 5.26 Å². The second-order valence-electron chi connectivity index (χ2n) is 6.52. The third-order valence-electron chi connectivity index (χ3n) is 4.48. The van der Waals surface area contributed by atoms with E-state index in [1.807, 2.05) is 37.3 Å². The molecular weight excluding hydrogens is 379 g/mol. The number of alkyl halides is 3. The van der Waals surface area contributed by atoms with E-state index in [4.69, 9.17) is 5.26 Å². The first kappa shape index (κ1) is 20.1. The van der Waals surface area contributed by atoms with Gasteiger partial charge in [-0.1, -0.05) is 17.7 Å². The lowest BCUT2D eigenvalue weighted by atomic mass is 10.2. The van der Waals surface area contributed by atoms with Crippen molar-refractivity contribution in [2.75, 3.05) is 23.9 Å². The second kappa shape index (κ2) is 7.80. The molecule has 1 aromatic heterocycles. The van der Waals surface area contributed by atoms with Crippen LogP contribution in [0, 0.1) is 18.3 Å². The highest BCUT2D eigenvalue weighted by Gasteiger charge is 2.37. The molecule has 0 amide bonds. The predicted octanol–water partition coefficient (Wildman–Crippen LogP) is 5.21. The zero-order valence-corrected chi connectivity index (χ0v) is 16.1. The molecule has 8 heteroatoms. The number of hydrogen-bond donors (Lipinski definition) is 0. The molecule has 1 heterocycles. The molecule has 0 atom stereocenters. The van der Waals surface area contributed by atoms with Crippen LogP contribution in [0.3, 0.4) is 0 Å². The molecule has 5 nitrogen and oxygen atoms in total. The molecule has 0 spiro atoms. The van der Waals surface area contributed by atoms with Gasteiger partial charge in [-0.2, -0.15) is 23.4 Å². The quantitative estimate of drug-likeness (QED) is 0.605. The lowest BCUT2D eigenvalue weighted by Crippen LogP contribution is -2.21. The largest absolute Gasteiger partial charge is 0.421 e. The van der Waals surface area contributed by atoms with Gasteiger partial charge in [0, 0.05) is 31.7 Å². The molecule has 29 heavy (non-hydrogen) atoms. The summed E-state index contributed by atoms with van der Waals surface area (Å²) >= 11 is 0. The highest BCUT2D eigenvalue weighted by molar-refractivity contribution is 5.66. The summed E-state index contributed by atoms with van der Waals surface area (Å²) in [5.41, 5.74) is 1.77. The zero-order chi connectivity index (χ0) is 21.2. The van der Waals surface area contributed by atoms with E-state index in [0.717, 1.165) is 17.4 Å². The van der Waals surface area contributed by atoms with Gasteiger partial charge in [0.2, 0.25) is 5.95 Å². The Kier molecular flexibility index (Phi) is 5.41. The highest BCUT2D eigenvalue weighted by Crippen LogP contribution is 2.38. The third-order valence-corrected chi connectivity index (χ3v) is 4.48. The molecule has 148 valence electrons. The number of halogens is 3. The van der Waals surface area contributed by atoms with Gasteiger partial charge in [-0.25, -0.2) is 4.98 Å². The van der Waals surface area contributed by atoms with E-state index < -0.39 is 11.7 Å². The maximum absolute atomic E-state index is 13.6. The first-order chi connectivity index (χ1) is 13.7. The number of benzene rings is 2. The molecule has 0 aliphatic carbocycles. The van der Waals surface area contributed by atoms with Crippen LogP contribution in [0.5, 0.6) is 0 Å². The molecule has 2 aromatic carbocycles. The molecule has 0 fully saturated rings. The Bertz CT molecular complexity index is 1040. The number of hydrogen-bond acceptors (Lipinski definition) is 5. The third kappa shape index (κ3) is 4.29. The summed E-state index contributed by atoms with van der Waals surface area (Å²) in [5, 5.41) is 8.92. The van der Waals surface area contributed by atoms with Gasteiger partial charge in [-0.3, -0.25) is 0 Å². The van der Waals surface area contributed by atoms with Crippen molar-refractivity contribution in [2.45, 2.75) is 13.1 Å². The Morgan fingerprint density at radius 3 is 2.00 bits per heavy atom. The molecule has 0 bridgehead atoms. The van der Waals surface area contributed by atoms with Crippen molar-refractivity contribution in [3.05, 3.63) is 71.4 Å². The summed E-state index contributed by atoms with van der Waals surface area (Å²) in [6.07, 6.45) is -3.82. The fourth-order valence-electron chi connectivity index (χ4n) is 2.75. The Morgan fingerprint density at radius 2 is 1.45 bits per heavy atom. The first-order valence-electron chi connectivity index (χ1n) is 8.69. The zero-order valence-electron chi connectivity index (χ0n) is 16.1. The van der Waals surface area contributed by atoms with Crippen molar-refractivity contribution in [3.63, 3.8) is 0 Å². The lowest BCUT2D eigenvalue weighted by molar-refractivity contribution is -0.137. The van der Waals surface area contributed by atoms with Gasteiger partial charge < -0.3 is 9.80 Å². The molecule has 3 aromatic rings. The Hall–Kier alpha value is -3.60. The smallest absolute Gasteiger partial charge is 0.329 e. The van der Waals surface area contributed by atoms with Gasteiger partial charge in [0.1, 0.15) is 5.56 Å². The maximum Gasteiger partial charge on any atom is 0.421 e. The summed E-state index contributed by atoms with van der Waals surface area (Å²) in [7, 11) is 3.19. The van der Waals surface area contributed by atoms with E-state index in [2.05, 4.69) is 9.97 Å². The number of nitriles is 1. The molecule has 3 rings (SSSR count). The average molecular weight is 397 g/mol. The maximum atomic E-state index is 13.6. The van der Waals surface area contributed by atoms with Crippen molar-refractivity contribution in [3.8, 4) is 6.07 Å². The lowest BCUT2D eigenvalue weighted by Gasteiger charge is -2.25. The normalized spacial score (nSPS) is 11.1. The van der Waals surface area contributed by atoms with Crippen molar-refractivity contribution in [2.24, 2.45) is 0 Å². The molecule has 0 saturated heterocycles. The summed E-state index contributed by atoms with van der Waals surface area (Å²) in [6, 6.07) is 15.7. The first-order valence-corrected chi connectivity index (χ1v) is 8.69. The number of rotatable bonds is 4. The van der Waals surface area contributed by atoms with Gasteiger partial charge in [0.05, 0.1) is 11.6 Å². The number of anilines is 4. The van der Waals surface area contributed by atoms with E-state index in [-0.39, 0.29) is 11.8 Å². The van der Waals surface area contributed by atoms with Crippen LogP contribution < -0.4 is 9.80 Å². The number of aromatic nitrogens is 2. The molecular formula is C21H18F3N5. The Labute approximate surface area is 166 Å².